The first-order valence-corrected chi connectivity index (χ1v) is 7.80. The first-order valence-electron chi connectivity index (χ1n) is 7.01. The zero-order valence-corrected chi connectivity index (χ0v) is 14.4. The lowest BCUT2D eigenvalue weighted by atomic mass is 10.0. The van der Waals surface area contributed by atoms with Crippen molar-refractivity contribution in [1.82, 2.24) is 4.90 Å². The van der Waals surface area contributed by atoms with Gasteiger partial charge in [-0.1, -0.05) is 29.8 Å². The minimum Gasteiger partial charge on any atom is -0.464 e. The van der Waals surface area contributed by atoms with Gasteiger partial charge in [0.2, 0.25) is 0 Å². The maximum atomic E-state index is 12.5. The predicted molar refractivity (Wildman–Crippen MR) is 83.9 cm³/mol. The lowest BCUT2D eigenvalue weighted by Gasteiger charge is -2.33. The molecule has 4 nitrogen and oxygen atoms in total. The molecule has 1 aliphatic heterocycles. The van der Waals surface area contributed by atoms with Crippen LogP contribution in [0.2, 0.25) is 0 Å². The van der Waals surface area contributed by atoms with Crippen LogP contribution in [0.1, 0.15) is 43.6 Å². The van der Waals surface area contributed by atoms with Crippen molar-refractivity contribution in [3.05, 3.63) is 33.8 Å². The van der Waals surface area contributed by atoms with E-state index >= 15 is 0 Å². The number of amides is 1. The molecule has 0 radical (unpaired) electrons. The number of hydrogen-bond donors (Lipinski definition) is 0. The Morgan fingerprint density at radius 3 is 2.71 bits per heavy atom. The van der Waals surface area contributed by atoms with Gasteiger partial charge in [-0.15, -0.1) is 0 Å². The summed E-state index contributed by atoms with van der Waals surface area (Å²) in [6, 6.07) is 5.55. The third-order valence-corrected chi connectivity index (χ3v) is 4.09. The number of halogens is 1. The summed E-state index contributed by atoms with van der Waals surface area (Å²) in [7, 11) is 0. The molecule has 0 saturated heterocycles. The van der Waals surface area contributed by atoms with Gasteiger partial charge in [0, 0.05) is 16.6 Å². The summed E-state index contributed by atoms with van der Waals surface area (Å²) in [4.78, 5) is 26.4. The van der Waals surface area contributed by atoms with Crippen molar-refractivity contribution in [2.45, 2.75) is 39.8 Å². The van der Waals surface area contributed by atoms with Gasteiger partial charge in [0.05, 0.1) is 6.61 Å². The standard InChI is InChI=1S/C16H20BrNO3/c1-10(2)9-21-15(20)16(3,4)18-8-11-7-12(17)5-6-13(11)14(18)19/h5-7,10H,8-9H2,1-4H3. The van der Waals surface area contributed by atoms with Gasteiger partial charge in [0.1, 0.15) is 5.54 Å². The highest BCUT2D eigenvalue weighted by atomic mass is 79.9. The highest BCUT2D eigenvalue weighted by molar-refractivity contribution is 9.10. The van der Waals surface area contributed by atoms with Gasteiger partial charge >= 0.3 is 5.97 Å². The van der Waals surface area contributed by atoms with Crippen LogP contribution in [0.3, 0.4) is 0 Å². The van der Waals surface area contributed by atoms with Gasteiger partial charge in [-0.2, -0.15) is 0 Å². The van der Waals surface area contributed by atoms with Crippen LogP contribution in [0, 0.1) is 5.92 Å². The summed E-state index contributed by atoms with van der Waals surface area (Å²) in [6.07, 6.45) is 0. The Labute approximate surface area is 133 Å². The number of nitrogens with zero attached hydrogens (tertiary/aromatic N) is 1. The highest BCUT2D eigenvalue weighted by Crippen LogP contribution is 2.31. The quantitative estimate of drug-likeness (QED) is 0.779. The van der Waals surface area contributed by atoms with Crippen molar-refractivity contribution in [1.29, 1.82) is 0 Å². The average molecular weight is 354 g/mol. The van der Waals surface area contributed by atoms with E-state index in [1.54, 1.807) is 24.8 Å². The van der Waals surface area contributed by atoms with E-state index in [0.29, 0.717) is 18.7 Å². The number of rotatable bonds is 4. The smallest absolute Gasteiger partial charge is 0.331 e. The lowest BCUT2D eigenvalue weighted by molar-refractivity contribution is -0.156. The third kappa shape index (κ3) is 3.12. The van der Waals surface area contributed by atoms with Gasteiger partial charge in [-0.05, 0) is 43.5 Å². The van der Waals surface area contributed by atoms with Gasteiger partial charge in [-0.25, -0.2) is 4.79 Å². The van der Waals surface area contributed by atoms with Crippen molar-refractivity contribution < 1.29 is 14.3 Å². The summed E-state index contributed by atoms with van der Waals surface area (Å²) in [5.74, 6) is -0.215. The van der Waals surface area contributed by atoms with E-state index in [4.69, 9.17) is 4.74 Å². The SMILES string of the molecule is CC(C)COC(=O)C(C)(C)N1Cc2cc(Br)ccc2C1=O. The molecule has 0 atom stereocenters. The second-order valence-corrected chi connectivity index (χ2v) is 7.16. The van der Waals surface area contributed by atoms with Crippen molar-refractivity contribution >= 4 is 27.8 Å². The second-order valence-electron chi connectivity index (χ2n) is 6.24. The molecule has 0 spiro atoms. The molecule has 0 fully saturated rings. The fourth-order valence-corrected chi connectivity index (χ4v) is 2.68. The number of benzene rings is 1. The summed E-state index contributed by atoms with van der Waals surface area (Å²) in [5.41, 5.74) is 0.610. The largest absolute Gasteiger partial charge is 0.464 e. The zero-order chi connectivity index (χ0) is 15.8. The van der Waals surface area contributed by atoms with Gasteiger partial charge in [0.15, 0.2) is 0 Å². The van der Waals surface area contributed by atoms with Crippen LogP contribution in [-0.4, -0.2) is 28.9 Å². The van der Waals surface area contributed by atoms with Crippen LogP contribution in [0.15, 0.2) is 22.7 Å². The first-order chi connectivity index (χ1) is 9.73. The molecule has 0 aromatic heterocycles. The highest BCUT2D eigenvalue weighted by Gasteiger charge is 2.43. The van der Waals surface area contributed by atoms with Crippen LogP contribution in [0.25, 0.3) is 0 Å². The van der Waals surface area contributed by atoms with Gasteiger partial charge < -0.3 is 9.64 Å². The monoisotopic (exact) mass is 353 g/mol. The molecule has 5 heteroatoms. The molecule has 1 aliphatic rings. The molecule has 21 heavy (non-hydrogen) atoms. The van der Waals surface area contributed by atoms with Crippen molar-refractivity contribution in [2.75, 3.05) is 6.61 Å². The Morgan fingerprint density at radius 2 is 2.10 bits per heavy atom. The number of esters is 1. The first kappa shape index (κ1) is 16.0. The van der Waals surface area contributed by atoms with Crippen LogP contribution >= 0.6 is 15.9 Å². The summed E-state index contributed by atoms with van der Waals surface area (Å²) in [6.45, 7) is 8.21. The minimum atomic E-state index is -0.975. The molecule has 1 amide bonds. The molecule has 0 unspecified atom stereocenters. The predicted octanol–water partition coefficient (Wildman–Crippen LogP) is 3.38. The lowest BCUT2D eigenvalue weighted by Crippen LogP contribution is -2.51. The average Bonchev–Trinajstić information content (AvgIpc) is 2.73. The summed E-state index contributed by atoms with van der Waals surface area (Å²) in [5, 5.41) is 0. The van der Waals surface area contributed by atoms with Gasteiger partial charge in [0.25, 0.3) is 5.91 Å². The van der Waals surface area contributed by atoms with Crippen LogP contribution < -0.4 is 0 Å². The second kappa shape index (κ2) is 5.79. The number of hydrogen-bond acceptors (Lipinski definition) is 3. The molecule has 0 bridgehead atoms. The summed E-state index contributed by atoms with van der Waals surface area (Å²) >= 11 is 3.40. The maximum Gasteiger partial charge on any atom is 0.331 e. The molecule has 1 aromatic rings. The Bertz CT molecular complexity index is 581. The fraction of sp³-hybridized carbons (Fsp3) is 0.500. The summed E-state index contributed by atoms with van der Waals surface area (Å²) < 4.78 is 6.24. The fourth-order valence-electron chi connectivity index (χ4n) is 2.27. The molecular weight excluding hydrogens is 334 g/mol. The van der Waals surface area contributed by atoms with E-state index in [9.17, 15) is 9.59 Å². The Morgan fingerprint density at radius 1 is 1.43 bits per heavy atom. The van der Waals surface area contributed by atoms with E-state index in [1.165, 1.54) is 0 Å². The number of carbonyl (C=O) groups excluding carboxylic acids is 2. The van der Waals surface area contributed by atoms with Crippen LogP contribution in [0.5, 0.6) is 0 Å². The Balaban J connectivity index is 2.19. The van der Waals surface area contributed by atoms with E-state index in [1.807, 2.05) is 26.0 Å². The Hall–Kier alpha value is -1.36. The van der Waals surface area contributed by atoms with Crippen molar-refractivity contribution in [3.8, 4) is 0 Å². The zero-order valence-electron chi connectivity index (χ0n) is 12.8. The molecule has 0 aliphatic carbocycles. The van der Waals surface area contributed by atoms with Gasteiger partial charge in [-0.3, -0.25) is 4.79 Å². The number of fused-ring (bicyclic) bond motifs is 1. The van der Waals surface area contributed by atoms with Crippen molar-refractivity contribution in [2.24, 2.45) is 5.92 Å². The third-order valence-electron chi connectivity index (χ3n) is 3.59. The van der Waals surface area contributed by atoms with E-state index in [0.717, 1.165) is 10.0 Å². The number of carbonyl (C=O) groups is 2. The van der Waals surface area contributed by atoms with E-state index in [-0.39, 0.29) is 17.8 Å². The Kier molecular flexibility index (Phi) is 4.42. The topological polar surface area (TPSA) is 46.6 Å². The molecule has 0 saturated carbocycles. The van der Waals surface area contributed by atoms with E-state index in [2.05, 4.69) is 15.9 Å². The van der Waals surface area contributed by atoms with Crippen molar-refractivity contribution in [3.63, 3.8) is 0 Å². The van der Waals surface area contributed by atoms with Crippen LogP contribution in [0.4, 0.5) is 0 Å². The van der Waals surface area contributed by atoms with Crippen LogP contribution in [-0.2, 0) is 16.1 Å². The molecule has 114 valence electrons. The molecule has 1 aromatic carbocycles. The maximum absolute atomic E-state index is 12.5. The molecule has 1 heterocycles. The normalized spacial score (nSPS) is 14.6. The number of ether oxygens (including phenoxy) is 1. The minimum absolute atomic E-state index is 0.121. The molecule has 2 rings (SSSR count). The molecular formula is C16H20BrNO3. The molecule has 0 N–H and O–H groups in total. The van der Waals surface area contributed by atoms with E-state index < -0.39 is 5.54 Å².